The lowest BCUT2D eigenvalue weighted by Crippen LogP contribution is -2.42. The van der Waals surface area contributed by atoms with E-state index in [1.54, 1.807) is 7.11 Å². The molecule has 1 aromatic carbocycles. The molecule has 1 heterocycles. The number of methoxy groups -OCH3 is 1. The number of rotatable bonds is 8. The number of ether oxygens (including phenoxy) is 1. The molecule has 3 N–H and O–H groups in total. The minimum atomic E-state index is -0.108. The molecule has 0 spiro atoms. The molecule has 0 amide bonds. The Kier molecular flexibility index (Phi) is 5.92. The second-order valence-corrected chi connectivity index (χ2v) is 5.08. The second kappa shape index (κ2) is 7.93. The van der Waals surface area contributed by atoms with E-state index in [1.807, 2.05) is 30.6 Å². The van der Waals surface area contributed by atoms with Crippen LogP contribution in [0.2, 0.25) is 0 Å². The van der Waals surface area contributed by atoms with Crippen LogP contribution >= 0.6 is 0 Å². The quantitative estimate of drug-likeness (QED) is 0.576. The highest BCUT2D eigenvalue weighted by atomic mass is 16.5. The van der Waals surface area contributed by atoms with Gasteiger partial charge >= 0.3 is 0 Å². The van der Waals surface area contributed by atoms with E-state index in [0.29, 0.717) is 0 Å². The Morgan fingerprint density at radius 2 is 2.10 bits per heavy atom. The maximum atomic E-state index is 5.76. The van der Waals surface area contributed by atoms with Crippen LogP contribution in [0.15, 0.2) is 42.7 Å². The molecule has 0 fully saturated rings. The third kappa shape index (κ3) is 3.91. The smallest absolute Gasteiger partial charge is 0.110 e. The number of hydrogen-bond acceptors (Lipinski definition) is 4. The van der Waals surface area contributed by atoms with Crippen molar-refractivity contribution in [2.75, 3.05) is 7.11 Å². The predicted molar refractivity (Wildman–Crippen MR) is 83.5 cm³/mol. The average molecular weight is 288 g/mol. The maximum Gasteiger partial charge on any atom is 0.110 e. The van der Waals surface area contributed by atoms with E-state index in [4.69, 9.17) is 10.6 Å². The summed E-state index contributed by atoms with van der Waals surface area (Å²) in [5.41, 5.74) is 3.99. The summed E-state index contributed by atoms with van der Waals surface area (Å²) in [4.78, 5) is 4.44. The van der Waals surface area contributed by atoms with Crippen LogP contribution in [0.3, 0.4) is 0 Å². The van der Waals surface area contributed by atoms with E-state index in [2.05, 4.69) is 34.0 Å². The molecule has 1 aromatic heterocycles. The van der Waals surface area contributed by atoms with Crippen LogP contribution < -0.4 is 11.3 Å². The van der Waals surface area contributed by atoms with Crippen LogP contribution in [-0.2, 0) is 17.7 Å². The monoisotopic (exact) mass is 288 g/mol. The molecule has 5 nitrogen and oxygen atoms in total. The fourth-order valence-corrected chi connectivity index (χ4v) is 2.60. The molecule has 0 bridgehead atoms. The normalized spacial score (nSPS) is 14.0. The van der Waals surface area contributed by atoms with E-state index in [0.717, 1.165) is 30.8 Å². The summed E-state index contributed by atoms with van der Waals surface area (Å²) >= 11 is 0. The number of aryl methyl sites for hydroxylation is 1. The molecule has 2 aromatic rings. The van der Waals surface area contributed by atoms with Gasteiger partial charge in [-0.15, -0.1) is 0 Å². The third-order valence-corrected chi connectivity index (χ3v) is 3.63. The lowest BCUT2D eigenvalue weighted by Gasteiger charge is -2.26. The molecule has 2 rings (SSSR count). The summed E-state index contributed by atoms with van der Waals surface area (Å²) in [7, 11) is 1.71. The Balaban J connectivity index is 2.16. The van der Waals surface area contributed by atoms with Crippen LogP contribution in [0.5, 0.6) is 0 Å². The number of nitrogens with one attached hydrogen (secondary N) is 1. The lowest BCUT2D eigenvalue weighted by molar-refractivity contribution is 0.0669. The Hall–Kier alpha value is -1.69. The Morgan fingerprint density at radius 1 is 1.33 bits per heavy atom. The number of hydrogen-bond donors (Lipinski definition) is 2. The molecular formula is C16H24N4O. The standard InChI is InChI=1S/C16H24N4O/c1-3-10-20-11-9-18-15(20)12-14(19-17)16(21-2)13-7-5-4-6-8-13/h4-9,11,14,16,19H,3,10,12,17H2,1-2H3. The lowest BCUT2D eigenvalue weighted by atomic mass is 9.99. The molecule has 2 unspecified atom stereocenters. The molecule has 0 aliphatic heterocycles. The van der Waals surface area contributed by atoms with Gasteiger partial charge in [-0.25, -0.2) is 4.98 Å². The topological polar surface area (TPSA) is 65.1 Å². The zero-order valence-corrected chi connectivity index (χ0v) is 12.7. The van der Waals surface area contributed by atoms with Crippen molar-refractivity contribution in [1.29, 1.82) is 0 Å². The maximum absolute atomic E-state index is 5.76. The van der Waals surface area contributed by atoms with Crippen molar-refractivity contribution in [3.63, 3.8) is 0 Å². The first-order chi connectivity index (χ1) is 10.3. The van der Waals surface area contributed by atoms with Gasteiger partial charge in [0.05, 0.1) is 12.1 Å². The highest BCUT2D eigenvalue weighted by Gasteiger charge is 2.23. The molecule has 0 saturated carbocycles. The largest absolute Gasteiger partial charge is 0.375 e. The minimum Gasteiger partial charge on any atom is -0.375 e. The van der Waals surface area contributed by atoms with Crippen LogP contribution in [0.25, 0.3) is 0 Å². The summed E-state index contributed by atoms with van der Waals surface area (Å²) in [6, 6.07) is 10.1. The van der Waals surface area contributed by atoms with Crippen molar-refractivity contribution in [2.45, 2.75) is 38.5 Å². The number of hydrazine groups is 1. The summed E-state index contributed by atoms with van der Waals surface area (Å²) in [5, 5.41) is 0. The molecular weight excluding hydrogens is 264 g/mol. The van der Waals surface area contributed by atoms with Gasteiger partial charge < -0.3 is 9.30 Å². The van der Waals surface area contributed by atoms with Crippen LogP contribution in [0, 0.1) is 0 Å². The van der Waals surface area contributed by atoms with E-state index in [1.165, 1.54) is 0 Å². The molecule has 5 heteroatoms. The Bertz CT molecular complexity index is 526. The summed E-state index contributed by atoms with van der Waals surface area (Å²) in [6.07, 6.45) is 5.54. The SMILES string of the molecule is CCCn1ccnc1CC(NN)C(OC)c1ccccc1. The molecule has 2 atom stereocenters. The predicted octanol–water partition coefficient (Wildman–Crippen LogP) is 2.06. The van der Waals surface area contributed by atoms with Gasteiger partial charge in [0.25, 0.3) is 0 Å². The van der Waals surface area contributed by atoms with Crippen molar-refractivity contribution < 1.29 is 4.74 Å². The van der Waals surface area contributed by atoms with Crippen molar-refractivity contribution in [2.24, 2.45) is 5.84 Å². The highest BCUT2D eigenvalue weighted by molar-refractivity contribution is 5.19. The molecule has 0 saturated heterocycles. The van der Waals surface area contributed by atoms with E-state index < -0.39 is 0 Å². The summed E-state index contributed by atoms with van der Waals surface area (Å²) in [6.45, 7) is 3.12. The fraction of sp³-hybridized carbons (Fsp3) is 0.438. The summed E-state index contributed by atoms with van der Waals surface area (Å²) in [5.74, 6) is 6.79. The molecule has 114 valence electrons. The van der Waals surface area contributed by atoms with Gasteiger partial charge in [-0.1, -0.05) is 37.3 Å². The van der Waals surface area contributed by atoms with Gasteiger partial charge in [-0.2, -0.15) is 0 Å². The van der Waals surface area contributed by atoms with Gasteiger partial charge in [-0.3, -0.25) is 11.3 Å². The van der Waals surface area contributed by atoms with Gasteiger partial charge in [0, 0.05) is 32.5 Å². The molecule has 21 heavy (non-hydrogen) atoms. The number of nitrogens with zero attached hydrogens (tertiary/aromatic N) is 2. The van der Waals surface area contributed by atoms with Gasteiger partial charge in [0.1, 0.15) is 5.82 Å². The van der Waals surface area contributed by atoms with Crippen molar-refractivity contribution in [3.8, 4) is 0 Å². The number of benzene rings is 1. The van der Waals surface area contributed by atoms with Crippen LogP contribution in [0.4, 0.5) is 0 Å². The van der Waals surface area contributed by atoms with E-state index >= 15 is 0 Å². The van der Waals surface area contributed by atoms with Crippen molar-refractivity contribution in [1.82, 2.24) is 15.0 Å². The van der Waals surface area contributed by atoms with Gasteiger partial charge in [0.15, 0.2) is 0 Å². The second-order valence-electron chi connectivity index (χ2n) is 5.08. The molecule has 0 aliphatic carbocycles. The number of nitrogens with two attached hydrogens (primary N) is 1. The fourth-order valence-electron chi connectivity index (χ4n) is 2.60. The van der Waals surface area contributed by atoms with E-state index in [9.17, 15) is 0 Å². The van der Waals surface area contributed by atoms with Crippen LogP contribution in [0.1, 0.15) is 30.8 Å². The third-order valence-electron chi connectivity index (χ3n) is 3.63. The summed E-state index contributed by atoms with van der Waals surface area (Å²) < 4.78 is 7.83. The zero-order valence-electron chi connectivity index (χ0n) is 12.7. The van der Waals surface area contributed by atoms with E-state index in [-0.39, 0.29) is 12.1 Å². The van der Waals surface area contributed by atoms with Gasteiger partial charge in [0.2, 0.25) is 0 Å². The van der Waals surface area contributed by atoms with Crippen molar-refractivity contribution in [3.05, 3.63) is 54.1 Å². The average Bonchev–Trinajstić information content (AvgIpc) is 2.95. The Labute approximate surface area is 126 Å². The highest BCUT2D eigenvalue weighted by Crippen LogP contribution is 2.22. The first-order valence-electron chi connectivity index (χ1n) is 7.34. The minimum absolute atomic E-state index is 0.0320. The van der Waals surface area contributed by atoms with Gasteiger partial charge in [-0.05, 0) is 12.0 Å². The molecule has 0 radical (unpaired) electrons. The first kappa shape index (κ1) is 15.7. The molecule has 0 aliphatic rings. The van der Waals surface area contributed by atoms with Crippen molar-refractivity contribution >= 4 is 0 Å². The zero-order chi connectivity index (χ0) is 15.1. The first-order valence-corrected chi connectivity index (χ1v) is 7.34. The number of imidazole rings is 1. The van der Waals surface area contributed by atoms with Crippen LogP contribution in [-0.4, -0.2) is 22.7 Å². The number of aromatic nitrogens is 2. The Morgan fingerprint density at radius 3 is 2.71 bits per heavy atom.